The lowest BCUT2D eigenvalue weighted by Gasteiger charge is -2.21. The van der Waals surface area contributed by atoms with Gasteiger partial charge in [-0.3, -0.25) is 0 Å². The van der Waals surface area contributed by atoms with E-state index in [-0.39, 0.29) is 17.8 Å². The molecule has 0 aromatic carbocycles. The summed E-state index contributed by atoms with van der Waals surface area (Å²) in [5, 5.41) is 5.56. The highest BCUT2D eigenvalue weighted by Crippen LogP contribution is 2.28. The molecule has 0 saturated carbocycles. The third kappa shape index (κ3) is 8.23. The molecule has 4 nitrogen and oxygen atoms in total. The number of hydrogen-bond donors (Lipinski definition) is 2. The molecule has 1 unspecified atom stereocenters. The minimum absolute atomic E-state index is 0.104. The van der Waals surface area contributed by atoms with Crippen LogP contribution in [0.3, 0.4) is 0 Å². The molecule has 1 aliphatic heterocycles. The number of rotatable bonds is 5. The maximum absolute atomic E-state index is 12.8. The van der Waals surface area contributed by atoms with Gasteiger partial charge in [-0.1, -0.05) is 54.2 Å². The Labute approximate surface area is 166 Å². The van der Waals surface area contributed by atoms with Gasteiger partial charge in [0.2, 0.25) is 0 Å². The summed E-state index contributed by atoms with van der Waals surface area (Å²) >= 11 is 0. The molecule has 7 heteroatoms. The van der Waals surface area contributed by atoms with E-state index in [4.69, 9.17) is 0 Å². The van der Waals surface area contributed by atoms with Crippen molar-refractivity contribution in [1.82, 2.24) is 15.2 Å². The Bertz CT molecular complexity index is 662. The predicted octanol–water partition coefficient (Wildman–Crippen LogP) is 5.67. The quantitative estimate of drug-likeness (QED) is 0.671. The topological polar surface area (TPSA) is 40.2 Å². The van der Waals surface area contributed by atoms with Gasteiger partial charge in [0.1, 0.15) is 11.9 Å². The lowest BCUT2D eigenvalue weighted by molar-refractivity contribution is -0.150. The first-order valence-corrected chi connectivity index (χ1v) is 9.52. The Balaban J connectivity index is 0.00000122. The highest BCUT2D eigenvalue weighted by Gasteiger charge is 2.44. The summed E-state index contributed by atoms with van der Waals surface area (Å²) < 4.78 is 38.5. The van der Waals surface area contributed by atoms with Crippen molar-refractivity contribution >= 4 is 5.82 Å². The average molecular weight is 399 g/mol. The Morgan fingerprint density at radius 3 is 2.43 bits per heavy atom. The third-order valence-corrected chi connectivity index (χ3v) is 3.77. The van der Waals surface area contributed by atoms with Crippen molar-refractivity contribution < 1.29 is 13.2 Å². The van der Waals surface area contributed by atoms with Crippen molar-refractivity contribution in [2.24, 2.45) is 5.41 Å². The van der Waals surface area contributed by atoms with Crippen LogP contribution in [0.1, 0.15) is 53.0 Å². The number of alkyl halides is 3. The third-order valence-electron chi connectivity index (χ3n) is 3.77. The van der Waals surface area contributed by atoms with Gasteiger partial charge in [-0.05, 0) is 29.5 Å². The number of nitrogens with zero attached hydrogens (tertiary/aromatic N) is 2. The molecule has 0 amide bonds. The first kappa shape index (κ1) is 23.9. The molecule has 1 saturated heterocycles. The predicted molar refractivity (Wildman–Crippen MR) is 110 cm³/mol. The van der Waals surface area contributed by atoms with Crippen molar-refractivity contribution in [2.45, 2.75) is 66.2 Å². The Kier molecular flexibility index (Phi) is 8.39. The number of nitrogens with one attached hydrogen (secondary N) is 2. The summed E-state index contributed by atoms with van der Waals surface area (Å²) in [6.45, 7) is 18.5. The standard InChI is InChI=1S/C18H25F3N4.C3H8/c1-12(9-17(3,4)5)23-16-8-14(6-7-22-16)10-25-11-15(18(19,20)21)24-13(25)2;1-3-2/h6-8,15,24H,1-2,9-11H2,3-5H3,(H,22,23);3H2,1-2H3. The van der Waals surface area contributed by atoms with Crippen LogP contribution in [0.5, 0.6) is 0 Å². The minimum atomic E-state index is -4.28. The second-order valence-corrected chi connectivity index (χ2v) is 8.29. The second-order valence-electron chi connectivity index (χ2n) is 8.29. The molecule has 0 spiro atoms. The molecule has 0 radical (unpaired) electrons. The van der Waals surface area contributed by atoms with E-state index in [2.05, 4.69) is 63.4 Å². The molecule has 1 aromatic heterocycles. The highest BCUT2D eigenvalue weighted by molar-refractivity contribution is 5.43. The van der Waals surface area contributed by atoms with Crippen LogP contribution in [0.4, 0.5) is 19.0 Å². The van der Waals surface area contributed by atoms with Gasteiger partial charge in [-0.25, -0.2) is 4.98 Å². The number of allylic oxidation sites excluding steroid dienone is 1. The summed E-state index contributed by atoms with van der Waals surface area (Å²) in [6, 6.07) is 2.03. The molecular weight excluding hydrogens is 365 g/mol. The van der Waals surface area contributed by atoms with E-state index >= 15 is 0 Å². The molecule has 1 fully saturated rings. The van der Waals surface area contributed by atoms with Gasteiger partial charge in [0.05, 0.1) is 5.82 Å². The maximum Gasteiger partial charge on any atom is 0.410 e. The van der Waals surface area contributed by atoms with Crippen LogP contribution in [0.25, 0.3) is 0 Å². The smallest absolute Gasteiger partial charge is 0.359 e. The van der Waals surface area contributed by atoms with E-state index in [0.717, 1.165) is 17.7 Å². The normalized spacial score (nSPS) is 16.9. The molecule has 0 aliphatic carbocycles. The van der Waals surface area contributed by atoms with Gasteiger partial charge in [0.25, 0.3) is 0 Å². The van der Waals surface area contributed by atoms with Gasteiger partial charge < -0.3 is 15.5 Å². The summed E-state index contributed by atoms with van der Waals surface area (Å²) in [5.41, 5.74) is 1.81. The SMILES string of the molecule is C=C(CC(C)(C)C)Nc1cc(CN2CC(C(F)(F)F)NC2=C)ccn1.CCC. The van der Waals surface area contributed by atoms with Gasteiger partial charge in [0.15, 0.2) is 0 Å². The Hall–Kier alpha value is -2.18. The molecule has 2 rings (SSSR count). The van der Waals surface area contributed by atoms with Crippen molar-refractivity contribution in [3.8, 4) is 0 Å². The maximum atomic E-state index is 12.8. The number of aromatic nitrogens is 1. The van der Waals surface area contributed by atoms with E-state index in [1.54, 1.807) is 17.2 Å². The lowest BCUT2D eigenvalue weighted by Crippen LogP contribution is -2.39. The fourth-order valence-corrected chi connectivity index (χ4v) is 2.74. The Morgan fingerprint density at radius 2 is 1.93 bits per heavy atom. The summed E-state index contributed by atoms with van der Waals surface area (Å²) in [4.78, 5) is 5.83. The van der Waals surface area contributed by atoms with E-state index in [9.17, 15) is 13.2 Å². The number of hydrogen-bond acceptors (Lipinski definition) is 4. The minimum Gasteiger partial charge on any atom is -0.359 e. The van der Waals surface area contributed by atoms with E-state index in [0.29, 0.717) is 12.4 Å². The first-order chi connectivity index (χ1) is 12.9. The fourth-order valence-electron chi connectivity index (χ4n) is 2.74. The van der Waals surface area contributed by atoms with E-state index in [1.807, 2.05) is 6.07 Å². The molecular formula is C21H33F3N4. The van der Waals surface area contributed by atoms with Crippen LogP contribution in [-0.4, -0.2) is 28.6 Å². The monoisotopic (exact) mass is 398 g/mol. The lowest BCUT2D eigenvalue weighted by atomic mass is 9.91. The van der Waals surface area contributed by atoms with Crippen LogP contribution in [0.2, 0.25) is 0 Å². The fraction of sp³-hybridized carbons (Fsp3) is 0.571. The number of anilines is 1. The van der Waals surface area contributed by atoms with Crippen LogP contribution < -0.4 is 10.6 Å². The summed E-state index contributed by atoms with van der Waals surface area (Å²) in [6.07, 6.45) is -0.609. The molecule has 158 valence electrons. The van der Waals surface area contributed by atoms with Gasteiger partial charge in [-0.15, -0.1) is 0 Å². The number of halogens is 3. The Morgan fingerprint density at radius 1 is 1.32 bits per heavy atom. The average Bonchev–Trinajstić information content (AvgIpc) is 2.87. The zero-order chi connectivity index (χ0) is 21.5. The van der Waals surface area contributed by atoms with Crippen molar-refractivity contribution in [1.29, 1.82) is 0 Å². The molecule has 1 aromatic rings. The van der Waals surface area contributed by atoms with E-state index < -0.39 is 12.2 Å². The van der Waals surface area contributed by atoms with Gasteiger partial charge >= 0.3 is 6.18 Å². The molecule has 1 aliphatic rings. The van der Waals surface area contributed by atoms with Crippen molar-refractivity contribution in [3.63, 3.8) is 0 Å². The van der Waals surface area contributed by atoms with Crippen molar-refractivity contribution in [3.05, 3.63) is 48.6 Å². The molecule has 28 heavy (non-hydrogen) atoms. The van der Waals surface area contributed by atoms with Crippen molar-refractivity contribution in [2.75, 3.05) is 11.9 Å². The summed E-state index contributed by atoms with van der Waals surface area (Å²) in [7, 11) is 0. The second kappa shape index (κ2) is 9.85. The van der Waals surface area contributed by atoms with Crippen LogP contribution in [0, 0.1) is 5.41 Å². The van der Waals surface area contributed by atoms with E-state index in [1.165, 1.54) is 6.42 Å². The van der Waals surface area contributed by atoms with Gasteiger partial charge in [0, 0.05) is 25.0 Å². The van der Waals surface area contributed by atoms with Crippen LogP contribution >= 0.6 is 0 Å². The number of pyridine rings is 1. The zero-order valence-electron chi connectivity index (χ0n) is 17.6. The zero-order valence-corrected chi connectivity index (χ0v) is 17.6. The highest BCUT2D eigenvalue weighted by atomic mass is 19.4. The molecule has 2 N–H and O–H groups in total. The van der Waals surface area contributed by atoms with Gasteiger partial charge in [-0.2, -0.15) is 13.2 Å². The molecule has 1 atom stereocenters. The van der Waals surface area contributed by atoms with Crippen LogP contribution in [-0.2, 0) is 6.54 Å². The summed E-state index contributed by atoms with van der Waals surface area (Å²) in [5.74, 6) is 0.919. The largest absolute Gasteiger partial charge is 0.410 e. The van der Waals surface area contributed by atoms with Crippen LogP contribution in [0.15, 0.2) is 43.0 Å². The molecule has 2 heterocycles. The first-order valence-electron chi connectivity index (χ1n) is 9.52. The molecule has 0 bridgehead atoms.